The highest BCUT2D eigenvalue weighted by Crippen LogP contribution is 2.27. The SMILES string of the molecule is COC1=CC(OC)=N[C@@H](SNC(C)=O)N1CC1CN(Cc2ccc(Cl)c(Cl)c2)CCO1. The minimum atomic E-state index is -0.437. The summed E-state index contributed by atoms with van der Waals surface area (Å²) in [5.41, 5.74) is 0.659. The summed E-state index contributed by atoms with van der Waals surface area (Å²) in [6.07, 6.45) is 1.65. The van der Waals surface area contributed by atoms with E-state index in [1.807, 2.05) is 23.1 Å². The number of ether oxygens (including phenoxy) is 3. The average molecular weight is 489 g/mol. The van der Waals surface area contributed by atoms with Crippen molar-refractivity contribution in [3.8, 4) is 0 Å². The number of carbonyl (C=O) groups excluding carboxylic acids is 1. The van der Waals surface area contributed by atoms with Gasteiger partial charge in [0.25, 0.3) is 0 Å². The maximum absolute atomic E-state index is 11.4. The Balaban J connectivity index is 1.67. The molecule has 1 fully saturated rings. The van der Waals surface area contributed by atoms with E-state index in [4.69, 9.17) is 37.4 Å². The van der Waals surface area contributed by atoms with Gasteiger partial charge in [-0.25, -0.2) is 4.99 Å². The van der Waals surface area contributed by atoms with Crippen LogP contribution in [0.2, 0.25) is 10.0 Å². The van der Waals surface area contributed by atoms with Gasteiger partial charge in [0.15, 0.2) is 11.4 Å². The lowest BCUT2D eigenvalue weighted by Gasteiger charge is -2.39. The van der Waals surface area contributed by atoms with Crippen molar-refractivity contribution in [3.63, 3.8) is 0 Å². The van der Waals surface area contributed by atoms with Crippen LogP contribution in [0.1, 0.15) is 12.5 Å². The number of methoxy groups -OCH3 is 2. The summed E-state index contributed by atoms with van der Waals surface area (Å²) in [5, 5.41) is 1.10. The van der Waals surface area contributed by atoms with E-state index in [0.717, 1.165) is 25.2 Å². The number of hydrogen-bond donors (Lipinski definition) is 1. The van der Waals surface area contributed by atoms with Crippen LogP contribution in [0.15, 0.2) is 35.2 Å². The molecule has 1 aromatic carbocycles. The predicted molar refractivity (Wildman–Crippen MR) is 123 cm³/mol. The van der Waals surface area contributed by atoms with Crippen molar-refractivity contribution < 1.29 is 19.0 Å². The van der Waals surface area contributed by atoms with Crippen LogP contribution < -0.4 is 4.72 Å². The Hall–Kier alpha value is -1.65. The third kappa shape index (κ3) is 6.66. The zero-order valence-electron chi connectivity index (χ0n) is 17.6. The van der Waals surface area contributed by atoms with Crippen molar-refractivity contribution in [1.82, 2.24) is 14.5 Å². The first-order valence-electron chi connectivity index (χ1n) is 9.73. The molecular formula is C20H26Cl2N4O4S. The summed E-state index contributed by atoms with van der Waals surface area (Å²) in [5.74, 6) is 0.871. The minimum Gasteiger partial charge on any atom is -0.482 e. The smallest absolute Gasteiger partial charge is 0.226 e. The Kier molecular flexibility index (Phi) is 8.74. The molecule has 11 heteroatoms. The fourth-order valence-corrected chi connectivity index (χ4v) is 4.42. The fraction of sp³-hybridized carbons (Fsp3) is 0.500. The largest absolute Gasteiger partial charge is 0.482 e. The lowest BCUT2D eigenvalue weighted by atomic mass is 10.2. The first-order valence-corrected chi connectivity index (χ1v) is 11.4. The van der Waals surface area contributed by atoms with Crippen LogP contribution in [0.5, 0.6) is 0 Å². The molecule has 1 N–H and O–H groups in total. The molecule has 0 aliphatic carbocycles. The van der Waals surface area contributed by atoms with Gasteiger partial charge in [0.05, 0.1) is 49.6 Å². The zero-order chi connectivity index (χ0) is 22.4. The molecule has 0 saturated carbocycles. The Morgan fingerprint density at radius 3 is 2.81 bits per heavy atom. The third-order valence-electron chi connectivity index (χ3n) is 4.77. The standard InChI is InChI=1S/C20H26Cl2N4O4S/c1-13(27)24-31-20-23-18(28-2)9-19(29-3)26(20)12-15-11-25(6-7-30-15)10-14-4-5-16(21)17(22)8-14/h4-5,8-9,15,20H,6-7,10-12H2,1-3H3,(H,24,27)/t15?,20-/m1/s1. The van der Waals surface area contributed by atoms with E-state index in [1.54, 1.807) is 20.3 Å². The van der Waals surface area contributed by atoms with Crippen LogP contribution >= 0.6 is 35.1 Å². The monoisotopic (exact) mass is 488 g/mol. The first kappa shape index (κ1) is 24.0. The number of hydrogen-bond acceptors (Lipinski definition) is 8. The highest BCUT2D eigenvalue weighted by atomic mass is 35.5. The summed E-state index contributed by atoms with van der Waals surface area (Å²) >= 11 is 13.4. The molecule has 1 saturated heterocycles. The van der Waals surface area contributed by atoms with Gasteiger partial charge in [-0.05, 0) is 17.7 Å². The van der Waals surface area contributed by atoms with E-state index >= 15 is 0 Å². The molecule has 0 aromatic heterocycles. The Morgan fingerprint density at radius 1 is 1.32 bits per heavy atom. The molecule has 2 aliphatic heterocycles. The minimum absolute atomic E-state index is 0.0743. The number of carbonyl (C=O) groups is 1. The van der Waals surface area contributed by atoms with E-state index in [9.17, 15) is 4.79 Å². The number of aliphatic imine (C=N–C) groups is 1. The molecule has 2 atom stereocenters. The van der Waals surface area contributed by atoms with Gasteiger partial charge >= 0.3 is 0 Å². The van der Waals surface area contributed by atoms with Crippen molar-refractivity contribution in [2.24, 2.45) is 4.99 Å². The number of nitrogens with one attached hydrogen (secondary N) is 1. The number of halogens is 2. The van der Waals surface area contributed by atoms with E-state index in [-0.39, 0.29) is 12.0 Å². The van der Waals surface area contributed by atoms with E-state index < -0.39 is 5.50 Å². The van der Waals surface area contributed by atoms with Crippen LogP contribution in [0.25, 0.3) is 0 Å². The topological polar surface area (TPSA) is 75.6 Å². The maximum atomic E-state index is 11.4. The van der Waals surface area contributed by atoms with Gasteiger partial charge in [0.1, 0.15) is 0 Å². The fourth-order valence-electron chi connectivity index (χ4n) is 3.36. The molecule has 2 heterocycles. The second kappa shape index (κ2) is 11.3. The summed E-state index contributed by atoms with van der Waals surface area (Å²) in [4.78, 5) is 20.2. The molecule has 0 radical (unpaired) electrons. The van der Waals surface area contributed by atoms with Crippen molar-refractivity contribution in [3.05, 3.63) is 45.8 Å². The third-order valence-corrected chi connectivity index (χ3v) is 6.49. The van der Waals surface area contributed by atoms with Crippen molar-refractivity contribution in [1.29, 1.82) is 0 Å². The second-order valence-corrected chi connectivity index (χ2v) is 8.77. The molecule has 0 spiro atoms. The number of benzene rings is 1. The molecule has 2 aliphatic rings. The van der Waals surface area contributed by atoms with Crippen molar-refractivity contribution >= 4 is 47.0 Å². The lowest BCUT2D eigenvalue weighted by molar-refractivity contribution is -0.117. The van der Waals surface area contributed by atoms with E-state index in [2.05, 4.69) is 14.6 Å². The number of morpholine rings is 1. The number of rotatable bonds is 7. The highest BCUT2D eigenvalue weighted by Gasteiger charge is 2.32. The normalized spacial score (nSPS) is 21.9. The van der Waals surface area contributed by atoms with Crippen molar-refractivity contribution in [2.45, 2.75) is 25.1 Å². The van der Waals surface area contributed by atoms with Gasteiger partial charge in [0, 0.05) is 38.5 Å². The Labute approximate surface area is 196 Å². The molecular weight excluding hydrogens is 463 g/mol. The van der Waals surface area contributed by atoms with Crippen LogP contribution in [0.3, 0.4) is 0 Å². The van der Waals surface area contributed by atoms with Gasteiger partial charge in [-0.3, -0.25) is 14.4 Å². The van der Waals surface area contributed by atoms with Crippen molar-refractivity contribution in [2.75, 3.05) is 40.5 Å². The van der Waals surface area contributed by atoms with Gasteiger partial charge < -0.3 is 19.1 Å². The average Bonchev–Trinajstić information content (AvgIpc) is 2.75. The molecule has 170 valence electrons. The number of nitrogens with zero attached hydrogens (tertiary/aromatic N) is 3. The van der Waals surface area contributed by atoms with Gasteiger partial charge in [-0.2, -0.15) is 0 Å². The summed E-state index contributed by atoms with van der Waals surface area (Å²) in [6.45, 7) is 4.90. The summed E-state index contributed by atoms with van der Waals surface area (Å²) in [6, 6.07) is 5.69. The van der Waals surface area contributed by atoms with Crippen LogP contribution in [-0.4, -0.2) is 73.7 Å². The van der Waals surface area contributed by atoms with Gasteiger partial charge in [0.2, 0.25) is 11.8 Å². The predicted octanol–water partition coefficient (Wildman–Crippen LogP) is 3.11. The molecule has 8 nitrogen and oxygen atoms in total. The zero-order valence-corrected chi connectivity index (χ0v) is 20.0. The molecule has 1 amide bonds. The van der Waals surface area contributed by atoms with Crippen LogP contribution in [-0.2, 0) is 25.5 Å². The Morgan fingerprint density at radius 2 is 2.13 bits per heavy atom. The molecule has 1 aromatic rings. The van der Waals surface area contributed by atoms with E-state index in [0.29, 0.717) is 35.0 Å². The van der Waals surface area contributed by atoms with Crippen LogP contribution in [0.4, 0.5) is 0 Å². The Bertz CT molecular complexity index is 854. The second-order valence-electron chi connectivity index (χ2n) is 7.09. The quantitative estimate of drug-likeness (QED) is 0.590. The molecule has 0 bridgehead atoms. The summed E-state index contributed by atoms with van der Waals surface area (Å²) < 4.78 is 19.6. The summed E-state index contributed by atoms with van der Waals surface area (Å²) in [7, 11) is 3.14. The number of amides is 1. The first-order chi connectivity index (χ1) is 14.9. The molecule has 1 unspecified atom stereocenters. The maximum Gasteiger partial charge on any atom is 0.226 e. The van der Waals surface area contributed by atoms with E-state index in [1.165, 1.54) is 18.9 Å². The lowest BCUT2D eigenvalue weighted by Crippen LogP contribution is -2.49. The molecule has 3 rings (SSSR count). The van der Waals surface area contributed by atoms with Crippen LogP contribution in [0, 0.1) is 0 Å². The van der Waals surface area contributed by atoms with Gasteiger partial charge in [-0.15, -0.1) is 0 Å². The van der Waals surface area contributed by atoms with Gasteiger partial charge in [-0.1, -0.05) is 29.3 Å². The highest BCUT2D eigenvalue weighted by molar-refractivity contribution is 7.98. The molecule has 31 heavy (non-hydrogen) atoms.